The molecule has 0 radical (unpaired) electrons. The molecule has 46 heavy (non-hydrogen) atoms. The van der Waals surface area contributed by atoms with Crippen molar-refractivity contribution in [2.45, 2.75) is 45.2 Å². The number of aryl methyl sites for hydroxylation is 1. The van der Waals surface area contributed by atoms with Crippen LogP contribution in [0.15, 0.2) is 42.6 Å². The Balaban J connectivity index is 1.14. The first kappa shape index (κ1) is 31.2. The van der Waals surface area contributed by atoms with Crippen LogP contribution < -0.4 is 22.1 Å². The summed E-state index contributed by atoms with van der Waals surface area (Å²) < 4.78 is 0. The number of aromatic hydroxyl groups is 1. The SMILES string of the molecule is Cc1ccc(C(=O)CCCC[C@H](NC(=O)c2ccc(NCc3cnc4nc(N)nc(N)c4n3)cc2O)C(=O)O)c(-c2nn[nH]n2)c1. The van der Waals surface area contributed by atoms with E-state index in [0.717, 1.165) is 5.56 Å². The lowest BCUT2D eigenvalue weighted by Gasteiger charge is -2.16. The van der Waals surface area contributed by atoms with Gasteiger partial charge in [-0.05, 0) is 43.2 Å². The van der Waals surface area contributed by atoms with Gasteiger partial charge >= 0.3 is 5.97 Å². The molecule has 0 aliphatic heterocycles. The first-order valence-electron chi connectivity index (χ1n) is 14.1. The number of anilines is 3. The van der Waals surface area contributed by atoms with Crippen LogP contribution in [0.4, 0.5) is 17.5 Å². The zero-order chi connectivity index (χ0) is 32.8. The van der Waals surface area contributed by atoms with Gasteiger partial charge < -0.3 is 32.3 Å². The predicted molar refractivity (Wildman–Crippen MR) is 165 cm³/mol. The molecule has 9 N–H and O–H groups in total. The maximum atomic E-state index is 13.0. The number of tetrazole rings is 1. The normalized spacial score (nSPS) is 11.7. The van der Waals surface area contributed by atoms with E-state index in [9.17, 15) is 24.6 Å². The highest BCUT2D eigenvalue weighted by molar-refractivity contribution is 6.02. The van der Waals surface area contributed by atoms with Crippen molar-refractivity contribution in [2.24, 2.45) is 0 Å². The fraction of sp³-hybridized carbons (Fsp3) is 0.241. The number of nitrogens with two attached hydrogens (primary N) is 2. The van der Waals surface area contributed by atoms with Crippen LogP contribution in [-0.4, -0.2) is 74.5 Å². The van der Waals surface area contributed by atoms with Crippen molar-refractivity contribution >= 4 is 46.3 Å². The standard InChI is InChI=1S/C29H30N12O5/c1-14-6-8-17(19(10-14)25-38-40-41-39-25)21(42)5-3-2-4-20(28(45)46)35-27(44)18-9-7-15(11-22(18)43)32-12-16-13-33-26-23(34-16)24(30)36-29(31)37-26/h6-11,13,20,32,43H,2-5,12H2,1H3,(H,35,44)(H,45,46)(H,38,39,40,41)(H4,30,31,33,36,37)/t20-/m0/s1. The molecule has 17 nitrogen and oxygen atoms in total. The average molecular weight is 627 g/mol. The minimum absolute atomic E-state index is 0.0122. The summed E-state index contributed by atoms with van der Waals surface area (Å²) in [5.74, 6) is -2.11. The second-order valence-electron chi connectivity index (χ2n) is 10.4. The lowest BCUT2D eigenvalue weighted by atomic mass is 9.97. The topological polar surface area (TPSA) is 274 Å². The van der Waals surface area contributed by atoms with Gasteiger partial charge in [-0.25, -0.2) is 14.8 Å². The van der Waals surface area contributed by atoms with E-state index in [2.05, 4.69) is 51.2 Å². The minimum atomic E-state index is -1.24. The molecule has 236 valence electrons. The third kappa shape index (κ3) is 7.26. The number of hydrogen-bond acceptors (Lipinski definition) is 14. The highest BCUT2D eigenvalue weighted by atomic mass is 16.4. The van der Waals surface area contributed by atoms with Gasteiger partial charge in [-0.2, -0.15) is 15.2 Å². The number of Topliss-reactive ketones (excluding diaryl/α,β-unsaturated/α-hetero) is 1. The number of phenols is 1. The zero-order valence-corrected chi connectivity index (χ0v) is 24.6. The smallest absolute Gasteiger partial charge is 0.326 e. The van der Waals surface area contributed by atoms with E-state index in [1.165, 1.54) is 18.3 Å². The number of ketones is 1. The Bertz CT molecular complexity index is 1920. The van der Waals surface area contributed by atoms with Crippen molar-refractivity contribution in [1.29, 1.82) is 0 Å². The molecule has 0 saturated carbocycles. The molecule has 0 unspecified atom stereocenters. The van der Waals surface area contributed by atoms with Gasteiger partial charge in [-0.15, -0.1) is 10.2 Å². The highest BCUT2D eigenvalue weighted by Gasteiger charge is 2.23. The largest absolute Gasteiger partial charge is 0.507 e. The number of nitrogens with zero attached hydrogens (tertiary/aromatic N) is 7. The van der Waals surface area contributed by atoms with Gasteiger partial charge in [0.05, 0.1) is 24.0 Å². The summed E-state index contributed by atoms with van der Waals surface area (Å²) in [6, 6.07) is 8.34. The fourth-order valence-electron chi connectivity index (χ4n) is 4.72. The number of aliphatic carboxylic acids is 1. The van der Waals surface area contributed by atoms with Crippen molar-refractivity contribution in [3.63, 3.8) is 0 Å². The molecule has 5 rings (SSSR count). The Hall–Kier alpha value is -6.26. The van der Waals surface area contributed by atoms with Crippen LogP contribution in [0.25, 0.3) is 22.6 Å². The molecular formula is C29H30N12O5. The molecule has 3 aromatic heterocycles. The number of nitrogens with one attached hydrogen (secondary N) is 3. The van der Waals surface area contributed by atoms with E-state index in [0.29, 0.717) is 46.7 Å². The maximum Gasteiger partial charge on any atom is 0.326 e. The lowest BCUT2D eigenvalue weighted by molar-refractivity contribution is -0.139. The number of phenolic OH excluding ortho intramolecular Hbond substituents is 1. The summed E-state index contributed by atoms with van der Waals surface area (Å²) >= 11 is 0. The number of carbonyl (C=O) groups excluding carboxylic acids is 2. The summed E-state index contributed by atoms with van der Waals surface area (Å²) in [7, 11) is 0. The molecule has 1 amide bonds. The number of hydrogen-bond donors (Lipinski definition) is 7. The number of amides is 1. The van der Waals surface area contributed by atoms with Crippen LogP contribution in [0.2, 0.25) is 0 Å². The molecule has 0 aliphatic rings. The van der Waals surface area contributed by atoms with Gasteiger partial charge in [0.2, 0.25) is 11.8 Å². The number of carbonyl (C=O) groups is 3. The molecule has 0 aliphatic carbocycles. The number of carboxylic acids is 1. The highest BCUT2D eigenvalue weighted by Crippen LogP contribution is 2.25. The second kappa shape index (κ2) is 13.6. The van der Waals surface area contributed by atoms with Crippen molar-refractivity contribution < 1.29 is 24.6 Å². The summed E-state index contributed by atoms with van der Waals surface area (Å²) in [5, 5.41) is 39.6. The van der Waals surface area contributed by atoms with E-state index < -0.39 is 17.9 Å². The van der Waals surface area contributed by atoms with Gasteiger partial charge in [0.25, 0.3) is 5.91 Å². The number of benzene rings is 2. The van der Waals surface area contributed by atoms with Crippen LogP contribution in [0.1, 0.15) is 57.7 Å². The van der Waals surface area contributed by atoms with Gasteiger partial charge in [0, 0.05) is 29.3 Å². The number of unbranched alkanes of at least 4 members (excludes halogenated alkanes) is 1. The van der Waals surface area contributed by atoms with Gasteiger partial charge in [-0.3, -0.25) is 9.59 Å². The van der Waals surface area contributed by atoms with Crippen LogP contribution >= 0.6 is 0 Å². The number of H-pyrrole nitrogens is 1. The van der Waals surface area contributed by atoms with Gasteiger partial charge in [-0.1, -0.05) is 24.1 Å². The summed E-state index contributed by atoms with van der Waals surface area (Å²) in [4.78, 5) is 54.2. The van der Waals surface area contributed by atoms with Crippen molar-refractivity contribution in [3.8, 4) is 17.1 Å². The Morgan fingerprint density at radius 3 is 2.57 bits per heavy atom. The molecule has 0 bridgehead atoms. The van der Waals surface area contributed by atoms with Crippen LogP contribution in [0.3, 0.4) is 0 Å². The van der Waals surface area contributed by atoms with Crippen LogP contribution in [0.5, 0.6) is 5.75 Å². The number of carboxylic acid groups (broad SMARTS) is 1. The summed E-state index contributed by atoms with van der Waals surface area (Å²) in [6.07, 6.45) is 2.46. The third-order valence-corrected chi connectivity index (χ3v) is 7.03. The Labute approximate surface area is 260 Å². The molecule has 17 heteroatoms. The minimum Gasteiger partial charge on any atom is -0.507 e. The molecule has 5 aromatic rings. The molecule has 0 saturated heterocycles. The number of aromatic nitrogens is 8. The van der Waals surface area contributed by atoms with E-state index in [-0.39, 0.29) is 53.9 Å². The Kier molecular flexibility index (Phi) is 9.20. The number of fused-ring (bicyclic) bond motifs is 1. The summed E-state index contributed by atoms with van der Waals surface area (Å²) in [6.45, 7) is 2.08. The predicted octanol–water partition coefficient (Wildman–Crippen LogP) is 2.02. The van der Waals surface area contributed by atoms with E-state index in [4.69, 9.17) is 11.5 Å². The number of rotatable bonds is 13. The molecule has 2 aromatic carbocycles. The molecule has 0 spiro atoms. The van der Waals surface area contributed by atoms with E-state index in [1.54, 1.807) is 18.2 Å². The zero-order valence-electron chi connectivity index (χ0n) is 24.6. The lowest BCUT2D eigenvalue weighted by Crippen LogP contribution is -2.40. The maximum absolute atomic E-state index is 13.0. The second-order valence-corrected chi connectivity index (χ2v) is 10.4. The van der Waals surface area contributed by atoms with Crippen LogP contribution in [0, 0.1) is 6.92 Å². The monoisotopic (exact) mass is 626 g/mol. The first-order valence-corrected chi connectivity index (χ1v) is 14.1. The number of nitrogen functional groups attached to an aromatic ring is 2. The third-order valence-electron chi connectivity index (χ3n) is 7.03. The van der Waals surface area contributed by atoms with Gasteiger partial charge in [0.1, 0.15) is 11.8 Å². The fourth-order valence-corrected chi connectivity index (χ4v) is 4.72. The van der Waals surface area contributed by atoms with Crippen molar-refractivity contribution in [3.05, 3.63) is 65.0 Å². The average Bonchev–Trinajstić information content (AvgIpc) is 3.56. The quantitative estimate of drug-likeness (QED) is 0.0727. The van der Waals surface area contributed by atoms with Crippen LogP contribution in [-0.2, 0) is 11.3 Å². The van der Waals surface area contributed by atoms with Gasteiger partial charge in [0.15, 0.2) is 22.8 Å². The molecular weight excluding hydrogens is 596 g/mol. The Morgan fingerprint density at radius 1 is 1.02 bits per heavy atom. The van der Waals surface area contributed by atoms with E-state index >= 15 is 0 Å². The molecule has 3 heterocycles. The van der Waals surface area contributed by atoms with E-state index in [1.807, 2.05) is 13.0 Å². The first-order chi connectivity index (χ1) is 22.1. The number of aromatic amines is 1. The molecule has 0 fully saturated rings. The van der Waals surface area contributed by atoms with Crippen molar-refractivity contribution in [1.82, 2.24) is 45.9 Å². The van der Waals surface area contributed by atoms with Crippen molar-refractivity contribution in [2.75, 3.05) is 16.8 Å². The summed E-state index contributed by atoms with van der Waals surface area (Å²) in [5.41, 5.74) is 14.8. The Morgan fingerprint density at radius 2 is 1.83 bits per heavy atom. The molecule has 1 atom stereocenters.